The maximum atomic E-state index is 14.0. The van der Waals surface area contributed by atoms with Crippen molar-refractivity contribution >= 4 is 22.2 Å². The van der Waals surface area contributed by atoms with E-state index in [4.69, 9.17) is 9.72 Å². The zero-order valence-corrected chi connectivity index (χ0v) is 19.1. The van der Waals surface area contributed by atoms with Gasteiger partial charge < -0.3 is 20.1 Å². The lowest BCUT2D eigenvalue weighted by atomic mass is 9.95. The molecule has 2 aromatic heterocycles. The van der Waals surface area contributed by atoms with E-state index in [0.717, 1.165) is 64.9 Å². The largest absolute Gasteiger partial charge is 0.505 e. The fourth-order valence-corrected chi connectivity index (χ4v) is 5.32. The average molecular weight is 459 g/mol. The summed E-state index contributed by atoms with van der Waals surface area (Å²) in [4.78, 5) is 11.5. The van der Waals surface area contributed by atoms with Gasteiger partial charge in [-0.2, -0.15) is 0 Å². The molecule has 0 amide bonds. The molecule has 6 rings (SSSR count). The number of benzene rings is 1. The number of rotatable bonds is 3. The minimum absolute atomic E-state index is 0.108. The molecule has 2 aliphatic heterocycles. The Morgan fingerprint density at radius 2 is 2.15 bits per heavy atom. The Morgan fingerprint density at radius 1 is 1.24 bits per heavy atom. The number of aromatic hydroxyl groups is 1. The number of nitrogens with one attached hydrogen (secondary N) is 1. The molecule has 2 saturated heterocycles. The van der Waals surface area contributed by atoms with Crippen molar-refractivity contribution in [1.29, 1.82) is 0 Å². The van der Waals surface area contributed by atoms with E-state index < -0.39 is 0 Å². The molecular formula is C27H27FN4O2. The molecule has 4 heterocycles. The van der Waals surface area contributed by atoms with Crippen molar-refractivity contribution in [3.63, 3.8) is 0 Å². The third-order valence-electron chi connectivity index (χ3n) is 7.13. The highest BCUT2D eigenvalue weighted by atomic mass is 19.1. The third kappa shape index (κ3) is 3.65. The van der Waals surface area contributed by atoms with Crippen molar-refractivity contribution < 1.29 is 14.2 Å². The fourth-order valence-electron chi connectivity index (χ4n) is 5.32. The minimum Gasteiger partial charge on any atom is -0.505 e. The molecule has 2 N–H and O–H groups in total. The molecule has 34 heavy (non-hydrogen) atoms. The van der Waals surface area contributed by atoms with Gasteiger partial charge in [0.15, 0.2) is 0 Å². The van der Waals surface area contributed by atoms with Gasteiger partial charge in [0.2, 0.25) is 0 Å². The van der Waals surface area contributed by atoms with Crippen LogP contribution >= 0.6 is 0 Å². The molecule has 0 radical (unpaired) electrons. The summed E-state index contributed by atoms with van der Waals surface area (Å²) in [7, 11) is 0. The van der Waals surface area contributed by atoms with E-state index in [2.05, 4.69) is 15.2 Å². The molecule has 3 aliphatic rings. The van der Waals surface area contributed by atoms with Crippen LogP contribution < -0.4 is 10.2 Å². The van der Waals surface area contributed by atoms with Crippen LogP contribution in [0.5, 0.6) is 5.75 Å². The van der Waals surface area contributed by atoms with E-state index in [-0.39, 0.29) is 17.7 Å². The van der Waals surface area contributed by atoms with Gasteiger partial charge in [-0.1, -0.05) is 6.07 Å². The summed E-state index contributed by atoms with van der Waals surface area (Å²) in [6, 6.07) is 8.11. The van der Waals surface area contributed by atoms with E-state index in [1.165, 1.54) is 0 Å². The molecule has 0 saturated carbocycles. The van der Waals surface area contributed by atoms with Gasteiger partial charge in [-0.25, -0.2) is 4.39 Å². The SMILES string of the molecule is Cc1ccnc(-c2ccc3ncc(C4=CC(F)=CC4)c(N4CC[C@H]5NCCO[C@@H]5C4)c3c2)c1O. The number of nitrogens with zero attached hydrogens (tertiary/aromatic N) is 3. The summed E-state index contributed by atoms with van der Waals surface area (Å²) in [5, 5.41) is 15.2. The molecule has 0 unspecified atom stereocenters. The standard InChI is InChI=1S/C27H27FN4O2/c1-16-6-8-30-25(27(16)33)18-3-5-22-20(13-18)26(21(14-31-22)17-2-4-19(28)12-17)32-10-7-23-24(15-32)34-11-9-29-23/h3-6,8,12-14,23-24,29,33H,2,7,9-11,15H2,1H3/t23-,24-/m1/s1. The topological polar surface area (TPSA) is 70.5 Å². The summed E-state index contributed by atoms with van der Waals surface area (Å²) in [5.41, 5.74) is 5.91. The van der Waals surface area contributed by atoms with Crippen LogP contribution in [0.3, 0.4) is 0 Å². The van der Waals surface area contributed by atoms with Crippen LogP contribution in [0.15, 0.2) is 54.6 Å². The number of aromatic nitrogens is 2. The number of morpholine rings is 1. The molecule has 0 spiro atoms. The molecular weight excluding hydrogens is 431 g/mol. The lowest BCUT2D eigenvalue weighted by Crippen LogP contribution is -2.57. The number of hydrogen-bond acceptors (Lipinski definition) is 6. The van der Waals surface area contributed by atoms with E-state index >= 15 is 0 Å². The van der Waals surface area contributed by atoms with Crippen molar-refractivity contribution in [3.8, 4) is 17.0 Å². The van der Waals surface area contributed by atoms with Gasteiger partial charge in [0.1, 0.15) is 17.3 Å². The van der Waals surface area contributed by atoms with Crippen molar-refractivity contribution in [2.24, 2.45) is 0 Å². The first kappa shape index (κ1) is 21.3. The molecule has 7 heteroatoms. The lowest BCUT2D eigenvalue weighted by molar-refractivity contribution is -0.00899. The van der Waals surface area contributed by atoms with Gasteiger partial charge in [-0.15, -0.1) is 0 Å². The molecule has 0 bridgehead atoms. The van der Waals surface area contributed by atoms with Gasteiger partial charge in [0.25, 0.3) is 0 Å². The van der Waals surface area contributed by atoms with Crippen LogP contribution in [-0.2, 0) is 4.74 Å². The van der Waals surface area contributed by atoms with Crippen LogP contribution in [0.1, 0.15) is 24.0 Å². The van der Waals surface area contributed by atoms with Crippen molar-refractivity contribution in [2.45, 2.75) is 31.9 Å². The normalized spacial score (nSPS) is 22.5. The smallest absolute Gasteiger partial charge is 0.144 e. The first-order valence-electron chi connectivity index (χ1n) is 11.8. The first-order chi connectivity index (χ1) is 16.6. The molecule has 2 atom stereocenters. The summed E-state index contributed by atoms with van der Waals surface area (Å²) in [6.45, 7) is 5.08. The number of pyridine rings is 2. The average Bonchev–Trinajstić information content (AvgIpc) is 3.30. The predicted octanol–water partition coefficient (Wildman–Crippen LogP) is 4.52. The maximum absolute atomic E-state index is 14.0. The number of anilines is 1. The van der Waals surface area contributed by atoms with Gasteiger partial charge in [0.05, 0.1) is 23.9 Å². The Balaban J connectivity index is 1.51. The van der Waals surface area contributed by atoms with E-state index in [9.17, 15) is 9.50 Å². The highest BCUT2D eigenvalue weighted by Crippen LogP contribution is 2.41. The predicted molar refractivity (Wildman–Crippen MR) is 132 cm³/mol. The van der Waals surface area contributed by atoms with E-state index in [1.54, 1.807) is 24.4 Å². The number of aryl methyl sites for hydroxylation is 1. The number of piperidine rings is 1. The number of halogens is 1. The third-order valence-corrected chi connectivity index (χ3v) is 7.13. The van der Waals surface area contributed by atoms with Gasteiger partial charge in [-0.3, -0.25) is 9.97 Å². The summed E-state index contributed by atoms with van der Waals surface area (Å²) in [5.74, 6) is -0.0259. The van der Waals surface area contributed by atoms with Crippen LogP contribution in [0.4, 0.5) is 10.1 Å². The Bertz CT molecular complexity index is 1340. The highest BCUT2D eigenvalue weighted by Gasteiger charge is 2.34. The quantitative estimate of drug-likeness (QED) is 0.602. The number of ether oxygens (including phenoxy) is 1. The molecule has 174 valence electrons. The van der Waals surface area contributed by atoms with Crippen molar-refractivity contribution in [3.05, 3.63) is 65.8 Å². The zero-order chi connectivity index (χ0) is 23.2. The Labute approximate surface area is 197 Å². The summed E-state index contributed by atoms with van der Waals surface area (Å²) < 4.78 is 20.1. The number of allylic oxidation sites excluding steroid dienone is 4. The zero-order valence-electron chi connectivity index (χ0n) is 19.1. The highest BCUT2D eigenvalue weighted by molar-refractivity contribution is 6.00. The van der Waals surface area contributed by atoms with Crippen LogP contribution in [0, 0.1) is 6.92 Å². The van der Waals surface area contributed by atoms with Gasteiger partial charge in [-0.05, 0) is 61.3 Å². The number of fused-ring (bicyclic) bond motifs is 2. The molecule has 1 aromatic carbocycles. The molecule has 1 aliphatic carbocycles. The van der Waals surface area contributed by atoms with Crippen LogP contribution in [-0.4, -0.2) is 53.5 Å². The molecule has 6 nitrogen and oxygen atoms in total. The fraction of sp³-hybridized carbons (Fsp3) is 0.333. The van der Waals surface area contributed by atoms with Crippen molar-refractivity contribution in [1.82, 2.24) is 15.3 Å². The second-order valence-electron chi connectivity index (χ2n) is 9.24. The maximum Gasteiger partial charge on any atom is 0.144 e. The second kappa shape index (κ2) is 8.49. The second-order valence-corrected chi connectivity index (χ2v) is 9.24. The monoisotopic (exact) mass is 458 g/mol. The van der Waals surface area contributed by atoms with Crippen molar-refractivity contribution in [2.75, 3.05) is 31.1 Å². The van der Waals surface area contributed by atoms with E-state index in [1.807, 2.05) is 31.3 Å². The summed E-state index contributed by atoms with van der Waals surface area (Å²) in [6.07, 6.45) is 8.41. The van der Waals surface area contributed by atoms with E-state index in [0.29, 0.717) is 24.8 Å². The van der Waals surface area contributed by atoms with Gasteiger partial charge in [0, 0.05) is 54.6 Å². The van der Waals surface area contributed by atoms with Crippen LogP contribution in [0.2, 0.25) is 0 Å². The first-order valence-corrected chi connectivity index (χ1v) is 11.8. The lowest BCUT2D eigenvalue weighted by Gasteiger charge is -2.43. The van der Waals surface area contributed by atoms with Crippen LogP contribution in [0.25, 0.3) is 27.7 Å². The Kier molecular flexibility index (Phi) is 5.31. The Hall–Kier alpha value is -3.29. The minimum atomic E-state index is -0.206. The molecule has 2 fully saturated rings. The Morgan fingerprint density at radius 3 is 3.00 bits per heavy atom. The van der Waals surface area contributed by atoms with Gasteiger partial charge >= 0.3 is 0 Å². The molecule has 3 aromatic rings. The number of hydrogen-bond donors (Lipinski definition) is 2. The summed E-state index contributed by atoms with van der Waals surface area (Å²) >= 11 is 0.